The van der Waals surface area contributed by atoms with Crippen LogP contribution in [-0.4, -0.2) is 53.0 Å². The van der Waals surface area contributed by atoms with Crippen LogP contribution in [0, 0.1) is 6.92 Å². The van der Waals surface area contributed by atoms with Gasteiger partial charge < -0.3 is 15.1 Å². The largest absolute Gasteiger partial charge is 0.353 e. The van der Waals surface area contributed by atoms with Gasteiger partial charge in [0.2, 0.25) is 5.95 Å². The summed E-state index contributed by atoms with van der Waals surface area (Å²) in [7, 11) is 0. The monoisotopic (exact) mass is 457 g/mol. The smallest absolute Gasteiger partial charge is 0.253 e. The van der Waals surface area contributed by atoms with Gasteiger partial charge in [-0.1, -0.05) is 35.2 Å². The number of halogens is 1. The molecule has 4 rings (SSSR count). The van der Waals surface area contributed by atoms with Crippen LogP contribution in [0.15, 0.2) is 34.8 Å². The highest BCUT2D eigenvalue weighted by Crippen LogP contribution is 2.23. The molecule has 2 aromatic rings. The van der Waals surface area contributed by atoms with Crippen LogP contribution in [0.3, 0.4) is 0 Å². The molecular formula is C22H28BrN5O. The second-order valence-corrected chi connectivity index (χ2v) is 8.87. The fourth-order valence-electron chi connectivity index (χ4n) is 4.12. The Morgan fingerprint density at radius 1 is 1.03 bits per heavy atom. The van der Waals surface area contributed by atoms with Crippen molar-refractivity contribution in [3.63, 3.8) is 0 Å². The Labute approximate surface area is 180 Å². The van der Waals surface area contributed by atoms with Crippen LogP contribution < -0.4 is 10.2 Å². The van der Waals surface area contributed by atoms with E-state index in [0.717, 1.165) is 40.6 Å². The Hall–Kier alpha value is -2.15. The zero-order valence-electron chi connectivity index (χ0n) is 16.9. The van der Waals surface area contributed by atoms with Crippen molar-refractivity contribution < 1.29 is 4.79 Å². The number of nitrogens with one attached hydrogen (secondary N) is 1. The van der Waals surface area contributed by atoms with Gasteiger partial charge in [-0.3, -0.25) is 4.79 Å². The van der Waals surface area contributed by atoms with Crippen LogP contribution in [0.2, 0.25) is 0 Å². The van der Waals surface area contributed by atoms with E-state index in [4.69, 9.17) is 4.98 Å². The number of amides is 1. The van der Waals surface area contributed by atoms with E-state index < -0.39 is 0 Å². The van der Waals surface area contributed by atoms with Gasteiger partial charge >= 0.3 is 0 Å². The predicted octanol–water partition coefficient (Wildman–Crippen LogP) is 4.25. The number of anilines is 2. The van der Waals surface area contributed by atoms with Gasteiger partial charge in [0.1, 0.15) is 5.82 Å². The fourth-order valence-corrected chi connectivity index (χ4v) is 4.39. The van der Waals surface area contributed by atoms with E-state index in [0.29, 0.717) is 19.1 Å². The summed E-state index contributed by atoms with van der Waals surface area (Å²) in [6.07, 6.45) is 6.30. The standard InChI is InChI=1S/C22H28BrN5O/c1-16-15-20(26-22(24-16)25-19-5-3-2-4-6-19)27-11-13-28(14-12-27)21(29)17-7-9-18(23)10-8-17/h7-10,15,19H,2-6,11-14H2,1H3,(H,24,25,26). The maximum Gasteiger partial charge on any atom is 0.253 e. The van der Waals surface area contributed by atoms with Gasteiger partial charge in [-0.05, 0) is 44.0 Å². The molecule has 1 amide bonds. The third-order valence-electron chi connectivity index (χ3n) is 5.76. The van der Waals surface area contributed by atoms with E-state index in [2.05, 4.69) is 31.1 Å². The molecule has 1 aliphatic carbocycles. The lowest BCUT2D eigenvalue weighted by molar-refractivity contribution is 0.0746. The van der Waals surface area contributed by atoms with E-state index >= 15 is 0 Å². The van der Waals surface area contributed by atoms with Crippen LogP contribution in [0.25, 0.3) is 0 Å². The molecular weight excluding hydrogens is 430 g/mol. The number of rotatable bonds is 4. The molecule has 7 heteroatoms. The summed E-state index contributed by atoms with van der Waals surface area (Å²) in [6, 6.07) is 10.1. The van der Waals surface area contributed by atoms with Gasteiger partial charge in [0, 0.05) is 54.0 Å². The Bertz CT molecular complexity index is 843. The van der Waals surface area contributed by atoms with Gasteiger partial charge in [0.05, 0.1) is 0 Å². The number of carbonyl (C=O) groups is 1. The van der Waals surface area contributed by atoms with E-state index in [1.807, 2.05) is 42.2 Å². The number of benzene rings is 1. The maximum atomic E-state index is 12.7. The van der Waals surface area contributed by atoms with Crippen LogP contribution >= 0.6 is 15.9 Å². The van der Waals surface area contributed by atoms with Gasteiger partial charge in [0.15, 0.2) is 0 Å². The quantitative estimate of drug-likeness (QED) is 0.742. The Kier molecular flexibility index (Phi) is 6.33. The molecule has 2 heterocycles. The molecule has 0 bridgehead atoms. The van der Waals surface area contributed by atoms with Crippen LogP contribution in [0.4, 0.5) is 11.8 Å². The molecule has 29 heavy (non-hydrogen) atoms. The van der Waals surface area contributed by atoms with Gasteiger partial charge in [0.25, 0.3) is 5.91 Å². The first-order chi connectivity index (χ1) is 14.1. The van der Waals surface area contributed by atoms with Crippen molar-refractivity contribution in [3.05, 3.63) is 46.1 Å². The highest BCUT2D eigenvalue weighted by Gasteiger charge is 2.24. The normalized spacial score (nSPS) is 18.0. The number of carbonyl (C=O) groups excluding carboxylic acids is 1. The third kappa shape index (κ3) is 5.07. The van der Waals surface area contributed by atoms with Crippen LogP contribution in [-0.2, 0) is 0 Å². The molecule has 2 fully saturated rings. The molecule has 1 aliphatic heterocycles. The van der Waals surface area contributed by atoms with E-state index in [1.165, 1.54) is 32.1 Å². The Balaban J connectivity index is 1.38. The first-order valence-electron chi connectivity index (χ1n) is 10.5. The van der Waals surface area contributed by atoms with Gasteiger partial charge in [-0.2, -0.15) is 4.98 Å². The molecule has 1 N–H and O–H groups in total. The molecule has 1 aromatic carbocycles. The predicted molar refractivity (Wildman–Crippen MR) is 120 cm³/mol. The molecule has 154 valence electrons. The summed E-state index contributed by atoms with van der Waals surface area (Å²) in [6.45, 7) is 4.97. The zero-order valence-corrected chi connectivity index (χ0v) is 18.5. The summed E-state index contributed by atoms with van der Waals surface area (Å²) < 4.78 is 0.982. The topological polar surface area (TPSA) is 61.4 Å². The SMILES string of the molecule is Cc1cc(N2CCN(C(=O)c3ccc(Br)cc3)CC2)nc(NC2CCCCC2)n1. The fraction of sp³-hybridized carbons (Fsp3) is 0.500. The maximum absolute atomic E-state index is 12.7. The first kappa shape index (κ1) is 20.1. The summed E-state index contributed by atoms with van der Waals surface area (Å²) in [5, 5.41) is 3.54. The Morgan fingerprint density at radius 3 is 2.41 bits per heavy atom. The third-order valence-corrected chi connectivity index (χ3v) is 6.29. The molecule has 2 aliphatic rings. The lowest BCUT2D eigenvalue weighted by atomic mass is 9.96. The Morgan fingerprint density at radius 2 is 1.72 bits per heavy atom. The van der Waals surface area contributed by atoms with Crippen molar-refractivity contribution in [1.82, 2.24) is 14.9 Å². The highest BCUT2D eigenvalue weighted by molar-refractivity contribution is 9.10. The second kappa shape index (κ2) is 9.11. The van der Waals surface area contributed by atoms with E-state index in [1.54, 1.807) is 0 Å². The molecule has 1 saturated heterocycles. The number of aryl methyl sites for hydroxylation is 1. The summed E-state index contributed by atoms with van der Waals surface area (Å²) >= 11 is 3.42. The van der Waals surface area contributed by atoms with E-state index in [9.17, 15) is 4.79 Å². The van der Waals surface area contributed by atoms with Crippen molar-refractivity contribution in [2.24, 2.45) is 0 Å². The van der Waals surface area contributed by atoms with Crippen molar-refractivity contribution in [2.75, 3.05) is 36.4 Å². The van der Waals surface area contributed by atoms with Crippen LogP contribution in [0.5, 0.6) is 0 Å². The van der Waals surface area contributed by atoms with Crippen molar-refractivity contribution >= 4 is 33.6 Å². The molecule has 1 saturated carbocycles. The van der Waals surface area contributed by atoms with Gasteiger partial charge in [-0.25, -0.2) is 4.98 Å². The van der Waals surface area contributed by atoms with Crippen molar-refractivity contribution in [2.45, 2.75) is 45.1 Å². The number of hydrogen-bond donors (Lipinski definition) is 1. The van der Waals surface area contributed by atoms with E-state index in [-0.39, 0.29) is 5.91 Å². The van der Waals surface area contributed by atoms with Gasteiger partial charge in [-0.15, -0.1) is 0 Å². The molecule has 0 unspecified atom stereocenters. The lowest BCUT2D eigenvalue weighted by Crippen LogP contribution is -2.49. The zero-order chi connectivity index (χ0) is 20.2. The number of nitrogens with zero attached hydrogens (tertiary/aromatic N) is 4. The summed E-state index contributed by atoms with van der Waals surface area (Å²) in [4.78, 5) is 26.3. The summed E-state index contributed by atoms with van der Waals surface area (Å²) in [5.74, 6) is 1.78. The minimum absolute atomic E-state index is 0.0932. The molecule has 6 nitrogen and oxygen atoms in total. The number of piperazine rings is 1. The molecule has 0 atom stereocenters. The van der Waals surface area contributed by atoms with Crippen molar-refractivity contribution in [3.8, 4) is 0 Å². The first-order valence-corrected chi connectivity index (χ1v) is 11.3. The molecule has 0 radical (unpaired) electrons. The van der Waals surface area contributed by atoms with Crippen LogP contribution in [0.1, 0.15) is 48.2 Å². The average Bonchev–Trinajstić information content (AvgIpc) is 2.74. The number of aromatic nitrogens is 2. The minimum Gasteiger partial charge on any atom is -0.353 e. The molecule has 1 aromatic heterocycles. The molecule has 0 spiro atoms. The summed E-state index contributed by atoms with van der Waals surface area (Å²) in [5.41, 5.74) is 1.71. The second-order valence-electron chi connectivity index (χ2n) is 7.96. The highest BCUT2D eigenvalue weighted by atomic mass is 79.9. The average molecular weight is 458 g/mol. The minimum atomic E-state index is 0.0932. The number of hydrogen-bond acceptors (Lipinski definition) is 5. The van der Waals surface area contributed by atoms with Crippen molar-refractivity contribution in [1.29, 1.82) is 0 Å². The lowest BCUT2D eigenvalue weighted by Gasteiger charge is -2.35.